The topological polar surface area (TPSA) is 27.7 Å². The maximum atomic E-state index is 13.3. The summed E-state index contributed by atoms with van der Waals surface area (Å²) in [4.78, 5) is 4.46. The van der Waals surface area contributed by atoms with Gasteiger partial charge in [0.25, 0.3) is 0 Å². The van der Waals surface area contributed by atoms with Gasteiger partial charge >= 0.3 is 0 Å². The van der Waals surface area contributed by atoms with Crippen LogP contribution in [0.25, 0.3) is 0 Å². The molecule has 0 unspecified atom stereocenters. The van der Waals surface area contributed by atoms with Gasteiger partial charge in [0.15, 0.2) is 5.11 Å². The summed E-state index contributed by atoms with van der Waals surface area (Å²) >= 11 is 12.0. The van der Waals surface area contributed by atoms with Crippen LogP contribution < -0.4 is 5.32 Å². The number of thiocarbonyl (C=S) groups is 1. The Hall–Kier alpha value is -1.73. The molecule has 4 nitrogen and oxygen atoms in total. The second kappa shape index (κ2) is 10.2. The molecule has 28 heavy (non-hydrogen) atoms. The molecule has 0 atom stereocenters. The molecule has 0 bridgehead atoms. The molecule has 0 radical (unpaired) electrons. The van der Waals surface area contributed by atoms with E-state index in [9.17, 15) is 4.39 Å². The number of hydrogen-bond donors (Lipinski definition) is 1. The van der Waals surface area contributed by atoms with E-state index in [1.807, 2.05) is 25.1 Å². The van der Waals surface area contributed by atoms with Crippen molar-refractivity contribution < 1.29 is 9.13 Å². The molecule has 1 aliphatic rings. The van der Waals surface area contributed by atoms with Crippen molar-refractivity contribution >= 4 is 34.6 Å². The van der Waals surface area contributed by atoms with Gasteiger partial charge < -0.3 is 15.0 Å². The first-order valence-electron chi connectivity index (χ1n) is 9.38. The number of nitrogens with zero attached hydrogens (tertiary/aromatic N) is 2. The van der Waals surface area contributed by atoms with E-state index in [1.165, 1.54) is 12.1 Å². The van der Waals surface area contributed by atoms with Crippen molar-refractivity contribution in [2.45, 2.75) is 13.5 Å². The van der Waals surface area contributed by atoms with E-state index in [0.29, 0.717) is 16.7 Å². The van der Waals surface area contributed by atoms with Crippen molar-refractivity contribution in [3.05, 3.63) is 64.4 Å². The Labute approximate surface area is 176 Å². The van der Waals surface area contributed by atoms with Gasteiger partial charge in [-0.3, -0.25) is 4.90 Å². The minimum atomic E-state index is -0.240. The van der Waals surface area contributed by atoms with Gasteiger partial charge in [0.2, 0.25) is 0 Å². The van der Waals surface area contributed by atoms with Gasteiger partial charge in [0.05, 0.1) is 23.9 Å². The summed E-state index contributed by atoms with van der Waals surface area (Å²) in [7, 11) is 0. The van der Waals surface area contributed by atoms with Crippen LogP contribution in [0.1, 0.15) is 11.1 Å². The smallest absolute Gasteiger partial charge is 0.173 e. The number of nitrogens with one attached hydrogen (secondary N) is 1. The maximum absolute atomic E-state index is 13.3. The second-order valence-corrected chi connectivity index (χ2v) is 7.71. The summed E-state index contributed by atoms with van der Waals surface area (Å²) in [5.74, 6) is -0.240. The number of anilines is 1. The summed E-state index contributed by atoms with van der Waals surface area (Å²) in [6, 6.07) is 12.4. The molecule has 1 fully saturated rings. The third-order valence-electron chi connectivity index (χ3n) is 4.73. The highest BCUT2D eigenvalue weighted by Gasteiger charge is 2.16. The number of rotatable bonds is 6. The summed E-state index contributed by atoms with van der Waals surface area (Å²) in [6.07, 6.45) is 0. The van der Waals surface area contributed by atoms with Gasteiger partial charge in [-0.25, -0.2) is 4.39 Å². The van der Waals surface area contributed by atoms with Crippen LogP contribution in [-0.2, 0) is 11.3 Å². The van der Waals surface area contributed by atoms with Gasteiger partial charge in [0, 0.05) is 32.7 Å². The number of morpholine rings is 1. The van der Waals surface area contributed by atoms with Crippen molar-refractivity contribution in [3.63, 3.8) is 0 Å². The quantitative estimate of drug-likeness (QED) is 0.701. The Morgan fingerprint density at radius 3 is 2.61 bits per heavy atom. The van der Waals surface area contributed by atoms with Crippen LogP contribution in [0.4, 0.5) is 10.1 Å². The van der Waals surface area contributed by atoms with Crippen LogP contribution in [0.5, 0.6) is 0 Å². The first-order valence-corrected chi connectivity index (χ1v) is 10.2. The molecule has 0 aromatic heterocycles. The average Bonchev–Trinajstić information content (AvgIpc) is 2.69. The maximum Gasteiger partial charge on any atom is 0.173 e. The van der Waals surface area contributed by atoms with Gasteiger partial charge in [0.1, 0.15) is 5.82 Å². The van der Waals surface area contributed by atoms with Crippen molar-refractivity contribution in [3.8, 4) is 0 Å². The molecule has 2 aromatic rings. The molecule has 1 aliphatic heterocycles. The Morgan fingerprint density at radius 1 is 1.21 bits per heavy atom. The zero-order chi connectivity index (χ0) is 19.9. The lowest BCUT2D eigenvalue weighted by Gasteiger charge is -2.31. The lowest BCUT2D eigenvalue weighted by Crippen LogP contribution is -2.44. The molecule has 0 spiro atoms. The molecule has 1 N–H and O–H groups in total. The van der Waals surface area contributed by atoms with E-state index in [2.05, 4.69) is 15.1 Å². The fourth-order valence-corrected chi connectivity index (χ4v) is 3.61. The lowest BCUT2D eigenvalue weighted by atomic mass is 10.2. The van der Waals surface area contributed by atoms with Crippen LogP contribution in [0.2, 0.25) is 5.02 Å². The largest absolute Gasteiger partial charge is 0.379 e. The predicted octanol–water partition coefficient (Wildman–Crippen LogP) is 4.32. The van der Waals surface area contributed by atoms with Gasteiger partial charge in [-0.15, -0.1) is 0 Å². The SMILES string of the molecule is Cc1ccc(NC(=S)N(CCN2CCOCC2)Cc2ccc(F)cc2)c(Cl)c1. The number of aryl methyl sites for hydroxylation is 1. The van der Waals surface area contributed by atoms with Crippen LogP contribution in [-0.4, -0.2) is 54.3 Å². The summed E-state index contributed by atoms with van der Waals surface area (Å²) < 4.78 is 18.7. The minimum absolute atomic E-state index is 0.240. The van der Waals surface area contributed by atoms with Crippen molar-refractivity contribution in [2.75, 3.05) is 44.7 Å². The standard InChI is InChI=1S/C21H25ClFN3OS/c1-16-2-7-20(19(22)14-16)24-21(28)26(9-8-25-10-12-27-13-11-25)15-17-3-5-18(23)6-4-17/h2-7,14H,8-13,15H2,1H3,(H,24,28). The number of halogens is 2. The molecular formula is C21H25ClFN3OS. The van der Waals surface area contributed by atoms with Crippen LogP contribution >= 0.6 is 23.8 Å². The van der Waals surface area contributed by atoms with Gasteiger partial charge in [-0.1, -0.05) is 29.8 Å². The summed E-state index contributed by atoms with van der Waals surface area (Å²) in [5, 5.41) is 4.50. The van der Waals surface area contributed by atoms with E-state index in [-0.39, 0.29) is 5.82 Å². The Kier molecular flexibility index (Phi) is 7.62. The molecule has 0 amide bonds. The normalized spacial score (nSPS) is 14.7. The van der Waals surface area contributed by atoms with E-state index >= 15 is 0 Å². The highest BCUT2D eigenvalue weighted by Crippen LogP contribution is 2.23. The van der Waals surface area contributed by atoms with E-state index in [4.69, 9.17) is 28.6 Å². The fourth-order valence-electron chi connectivity index (χ4n) is 3.07. The zero-order valence-corrected chi connectivity index (χ0v) is 17.5. The lowest BCUT2D eigenvalue weighted by molar-refractivity contribution is 0.0358. The van der Waals surface area contributed by atoms with Crippen LogP contribution in [0.15, 0.2) is 42.5 Å². The number of hydrogen-bond acceptors (Lipinski definition) is 3. The molecule has 7 heteroatoms. The van der Waals surface area contributed by atoms with E-state index in [1.54, 1.807) is 12.1 Å². The first kappa shape index (κ1) is 21.0. The Morgan fingerprint density at radius 2 is 1.93 bits per heavy atom. The highest BCUT2D eigenvalue weighted by molar-refractivity contribution is 7.80. The predicted molar refractivity (Wildman–Crippen MR) is 116 cm³/mol. The van der Waals surface area contributed by atoms with Crippen LogP contribution in [0, 0.1) is 12.7 Å². The van der Waals surface area contributed by atoms with E-state index < -0.39 is 0 Å². The number of benzene rings is 2. The second-order valence-electron chi connectivity index (χ2n) is 6.92. The van der Waals surface area contributed by atoms with Crippen molar-refractivity contribution in [2.24, 2.45) is 0 Å². The van der Waals surface area contributed by atoms with E-state index in [0.717, 1.165) is 56.2 Å². The number of ether oxygens (including phenoxy) is 1. The molecular weight excluding hydrogens is 397 g/mol. The average molecular weight is 422 g/mol. The van der Waals surface area contributed by atoms with Gasteiger partial charge in [-0.05, 0) is 54.5 Å². The fraction of sp³-hybridized carbons (Fsp3) is 0.381. The Bertz CT molecular complexity index is 797. The van der Waals surface area contributed by atoms with Crippen molar-refractivity contribution in [1.82, 2.24) is 9.80 Å². The molecule has 0 aliphatic carbocycles. The molecule has 3 rings (SSSR count). The molecule has 0 saturated carbocycles. The molecule has 1 heterocycles. The first-order chi connectivity index (χ1) is 13.5. The monoisotopic (exact) mass is 421 g/mol. The summed E-state index contributed by atoms with van der Waals surface area (Å²) in [6.45, 7) is 7.61. The Balaban J connectivity index is 1.69. The van der Waals surface area contributed by atoms with Gasteiger partial charge in [-0.2, -0.15) is 0 Å². The molecule has 1 saturated heterocycles. The third-order valence-corrected chi connectivity index (χ3v) is 5.40. The van der Waals surface area contributed by atoms with Crippen molar-refractivity contribution in [1.29, 1.82) is 0 Å². The third kappa shape index (κ3) is 6.14. The molecule has 150 valence electrons. The highest BCUT2D eigenvalue weighted by atomic mass is 35.5. The van der Waals surface area contributed by atoms with Crippen LogP contribution in [0.3, 0.4) is 0 Å². The minimum Gasteiger partial charge on any atom is -0.379 e. The summed E-state index contributed by atoms with van der Waals surface area (Å²) in [5.41, 5.74) is 2.88. The zero-order valence-electron chi connectivity index (χ0n) is 16.0. The molecule has 2 aromatic carbocycles.